The first-order valence-corrected chi connectivity index (χ1v) is 9.42. The van der Waals surface area contributed by atoms with Crippen molar-refractivity contribution >= 4 is 23.3 Å². The summed E-state index contributed by atoms with van der Waals surface area (Å²) in [6.07, 6.45) is -0.848. The van der Waals surface area contributed by atoms with Gasteiger partial charge in [-0.3, -0.25) is 24.6 Å². The predicted octanol–water partition coefficient (Wildman–Crippen LogP) is 1.94. The van der Waals surface area contributed by atoms with Gasteiger partial charge in [-0.15, -0.1) is 0 Å². The number of nitro groups is 1. The van der Waals surface area contributed by atoms with Gasteiger partial charge in [-0.1, -0.05) is 13.8 Å². The Hall–Kier alpha value is -2.72. The second-order valence-corrected chi connectivity index (χ2v) is 6.65. The van der Waals surface area contributed by atoms with Crippen molar-refractivity contribution in [3.05, 3.63) is 28.3 Å². The lowest BCUT2D eigenvalue weighted by atomic mass is 10.0. The van der Waals surface area contributed by atoms with Crippen LogP contribution in [-0.2, 0) is 23.8 Å². The van der Waals surface area contributed by atoms with Crippen LogP contribution in [-0.4, -0.2) is 62.5 Å². The number of rotatable bonds is 11. The Balaban J connectivity index is 2.02. The van der Waals surface area contributed by atoms with Gasteiger partial charge >= 0.3 is 5.97 Å². The highest BCUT2D eigenvalue weighted by Gasteiger charge is 2.38. The fourth-order valence-electron chi connectivity index (χ4n) is 2.73. The summed E-state index contributed by atoms with van der Waals surface area (Å²) in [5.41, 5.74) is 0.134. The minimum Gasteiger partial charge on any atom is -0.478 e. The number of hydrogen-bond acceptors (Lipinski definition) is 8. The van der Waals surface area contributed by atoms with E-state index in [1.807, 2.05) is 6.92 Å². The molecule has 1 heterocycles. The van der Waals surface area contributed by atoms with E-state index in [9.17, 15) is 19.7 Å². The third-order valence-electron chi connectivity index (χ3n) is 4.17. The lowest BCUT2D eigenvalue weighted by Gasteiger charge is -2.35. The highest BCUT2D eigenvalue weighted by Crippen LogP contribution is 2.38. The van der Waals surface area contributed by atoms with Crippen molar-refractivity contribution in [1.82, 2.24) is 0 Å². The molecule has 0 bridgehead atoms. The molecule has 0 saturated heterocycles. The topological polar surface area (TPSA) is 117 Å². The molecule has 1 aliphatic rings. The molecule has 1 amide bonds. The summed E-state index contributed by atoms with van der Waals surface area (Å²) in [7, 11) is 0. The van der Waals surface area contributed by atoms with Gasteiger partial charge in [-0.05, 0) is 18.9 Å². The van der Waals surface area contributed by atoms with Crippen molar-refractivity contribution in [2.24, 2.45) is 5.92 Å². The van der Waals surface area contributed by atoms with Gasteiger partial charge in [0.25, 0.3) is 11.6 Å². The molecule has 1 unspecified atom stereocenters. The molecule has 1 aliphatic heterocycles. The Morgan fingerprint density at radius 2 is 1.93 bits per heavy atom. The molecular weight excluding hydrogens is 384 g/mol. The number of fused-ring (bicyclic) bond motifs is 1. The quantitative estimate of drug-likeness (QED) is 0.235. The fourth-order valence-corrected chi connectivity index (χ4v) is 2.73. The monoisotopic (exact) mass is 410 g/mol. The molecule has 1 aromatic rings. The Labute approximate surface area is 168 Å². The SMILES string of the molecule is CCOCCOCCOC(=O)CN1C(=O)C(C(C)C)Oc2cc([N+](=O)[O-])ccc21. The molecule has 10 heteroatoms. The van der Waals surface area contributed by atoms with Gasteiger partial charge in [-0.2, -0.15) is 0 Å². The molecule has 1 aromatic carbocycles. The lowest BCUT2D eigenvalue weighted by Crippen LogP contribution is -2.50. The van der Waals surface area contributed by atoms with Gasteiger partial charge in [0.05, 0.1) is 36.5 Å². The normalized spacial score (nSPS) is 15.8. The summed E-state index contributed by atoms with van der Waals surface area (Å²) in [6, 6.07) is 3.91. The Morgan fingerprint density at radius 3 is 2.59 bits per heavy atom. The third-order valence-corrected chi connectivity index (χ3v) is 4.17. The highest BCUT2D eigenvalue weighted by molar-refractivity contribution is 6.03. The zero-order valence-electron chi connectivity index (χ0n) is 16.8. The number of carbonyl (C=O) groups is 2. The molecular formula is C19H26N2O8. The molecule has 29 heavy (non-hydrogen) atoms. The van der Waals surface area contributed by atoms with E-state index in [-0.39, 0.29) is 37.1 Å². The minimum atomic E-state index is -0.848. The first kappa shape index (κ1) is 22.6. The highest BCUT2D eigenvalue weighted by atomic mass is 16.6. The zero-order chi connectivity index (χ0) is 21.4. The van der Waals surface area contributed by atoms with Crippen LogP contribution in [0.25, 0.3) is 0 Å². The maximum Gasteiger partial charge on any atom is 0.326 e. The van der Waals surface area contributed by atoms with E-state index in [0.717, 1.165) is 0 Å². The van der Waals surface area contributed by atoms with Crippen molar-refractivity contribution < 1.29 is 33.5 Å². The predicted molar refractivity (Wildman–Crippen MR) is 103 cm³/mol. The van der Waals surface area contributed by atoms with E-state index in [1.54, 1.807) is 13.8 Å². The van der Waals surface area contributed by atoms with E-state index in [0.29, 0.717) is 25.5 Å². The fraction of sp³-hybridized carbons (Fsp3) is 0.579. The van der Waals surface area contributed by atoms with Crippen molar-refractivity contribution in [1.29, 1.82) is 0 Å². The van der Waals surface area contributed by atoms with Gasteiger partial charge in [0, 0.05) is 12.7 Å². The maximum absolute atomic E-state index is 12.8. The van der Waals surface area contributed by atoms with Crippen LogP contribution in [0.3, 0.4) is 0 Å². The zero-order valence-corrected chi connectivity index (χ0v) is 16.8. The number of nitro benzene ring substituents is 1. The van der Waals surface area contributed by atoms with Crippen LogP contribution < -0.4 is 9.64 Å². The molecule has 2 rings (SSSR count). The first-order chi connectivity index (χ1) is 13.8. The number of hydrogen-bond donors (Lipinski definition) is 0. The second-order valence-electron chi connectivity index (χ2n) is 6.65. The van der Waals surface area contributed by atoms with Crippen molar-refractivity contribution in [3.8, 4) is 5.75 Å². The molecule has 0 saturated carbocycles. The summed E-state index contributed by atoms with van der Waals surface area (Å²) in [5.74, 6) is -1.01. The number of esters is 1. The Morgan fingerprint density at radius 1 is 1.24 bits per heavy atom. The van der Waals surface area contributed by atoms with Gasteiger partial charge in [-0.25, -0.2) is 0 Å². The Bertz CT molecular complexity index is 737. The number of ether oxygens (including phenoxy) is 4. The molecule has 160 valence electrons. The number of nitrogens with zero attached hydrogens (tertiary/aromatic N) is 2. The summed E-state index contributed by atoms with van der Waals surface area (Å²) in [4.78, 5) is 36.7. The van der Waals surface area contributed by atoms with E-state index in [1.165, 1.54) is 23.1 Å². The maximum atomic E-state index is 12.8. The molecule has 1 atom stereocenters. The van der Waals surface area contributed by atoms with Gasteiger partial charge in [0.2, 0.25) is 0 Å². The molecule has 0 N–H and O–H groups in total. The third kappa shape index (κ3) is 6.13. The summed E-state index contributed by atoms with van der Waals surface area (Å²) >= 11 is 0. The van der Waals surface area contributed by atoms with Crippen LogP contribution in [0.15, 0.2) is 18.2 Å². The second kappa shape index (κ2) is 10.7. The number of anilines is 1. The largest absolute Gasteiger partial charge is 0.478 e. The van der Waals surface area contributed by atoms with Gasteiger partial charge in [0.1, 0.15) is 13.2 Å². The van der Waals surface area contributed by atoms with E-state index in [4.69, 9.17) is 18.9 Å². The lowest BCUT2D eigenvalue weighted by molar-refractivity contribution is -0.384. The van der Waals surface area contributed by atoms with Crippen LogP contribution in [0, 0.1) is 16.0 Å². The van der Waals surface area contributed by atoms with Gasteiger partial charge in [0.15, 0.2) is 11.9 Å². The average Bonchev–Trinajstić information content (AvgIpc) is 2.68. The van der Waals surface area contributed by atoms with Crippen LogP contribution in [0.1, 0.15) is 20.8 Å². The molecule has 0 aromatic heterocycles. The van der Waals surface area contributed by atoms with Crippen molar-refractivity contribution in [2.75, 3.05) is 44.5 Å². The Kier molecular flexibility index (Phi) is 8.34. The number of benzene rings is 1. The summed E-state index contributed by atoms with van der Waals surface area (Å²) in [6.45, 7) is 6.87. The van der Waals surface area contributed by atoms with Crippen LogP contribution in [0.4, 0.5) is 11.4 Å². The van der Waals surface area contributed by atoms with E-state index < -0.39 is 22.9 Å². The molecule has 0 spiro atoms. The van der Waals surface area contributed by atoms with Crippen LogP contribution in [0.5, 0.6) is 5.75 Å². The number of amides is 1. The molecule has 0 radical (unpaired) electrons. The number of carbonyl (C=O) groups excluding carboxylic acids is 2. The van der Waals surface area contributed by atoms with E-state index >= 15 is 0 Å². The molecule has 0 aliphatic carbocycles. The molecule has 10 nitrogen and oxygen atoms in total. The van der Waals surface area contributed by atoms with E-state index in [2.05, 4.69) is 0 Å². The standard InChI is InChI=1S/C19H26N2O8/c1-4-26-7-8-27-9-10-28-17(22)12-20-15-6-5-14(21(24)25)11-16(15)29-18(13(2)3)19(20)23/h5-6,11,13,18H,4,7-10,12H2,1-3H3. The van der Waals surface area contributed by atoms with Crippen LogP contribution >= 0.6 is 0 Å². The van der Waals surface area contributed by atoms with Crippen molar-refractivity contribution in [2.45, 2.75) is 26.9 Å². The summed E-state index contributed by atoms with van der Waals surface area (Å²) in [5, 5.41) is 11.0. The van der Waals surface area contributed by atoms with Crippen LogP contribution in [0.2, 0.25) is 0 Å². The summed E-state index contributed by atoms with van der Waals surface area (Å²) < 4.78 is 21.2. The minimum absolute atomic E-state index is 0.0458. The first-order valence-electron chi connectivity index (χ1n) is 9.42. The van der Waals surface area contributed by atoms with Gasteiger partial charge < -0.3 is 18.9 Å². The average molecular weight is 410 g/mol. The molecule has 0 fully saturated rings. The number of non-ortho nitro benzene ring substituents is 1. The van der Waals surface area contributed by atoms with Crippen molar-refractivity contribution in [3.63, 3.8) is 0 Å². The smallest absolute Gasteiger partial charge is 0.326 e.